The van der Waals surface area contributed by atoms with Crippen molar-refractivity contribution in [3.05, 3.63) is 82.7 Å². The normalized spacial score (nSPS) is 11.0. The molecule has 0 spiro atoms. The Morgan fingerprint density at radius 3 is 2.86 bits per heavy atom. The first-order chi connectivity index (χ1) is 14.1. The number of carbonyl (C=O) groups is 1. The number of hydrogen-bond acceptors (Lipinski definition) is 5. The van der Waals surface area contributed by atoms with Crippen molar-refractivity contribution in [2.75, 3.05) is 13.3 Å². The summed E-state index contributed by atoms with van der Waals surface area (Å²) in [6.07, 6.45) is 5.55. The minimum absolute atomic E-state index is 0.159. The average molecular weight is 405 g/mol. The maximum Gasteiger partial charge on any atom is 0.258 e. The van der Waals surface area contributed by atoms with Crippen LogP contribution in [0.25, 0.3) is 16.6 Å². The van der Waals surface area contributed by atoms with Gasteiger partial charge in [-0.15, -0.1) is 0 Å². The van der Waals surface area contributed by atoms with Crippen LogP contribution >= 0.6 is 11.8 Å². The molecule has 4 rings (SSSR count). The van der Waals surface area contributed by atoms with E-state index in [2.05, 4.69) is 15.0 Å². The van der Waals surface area contributed by atoms with E-state index in [4.69, 9.17) is 0 Å². The van der Waals surface area contributed by atoms with Gasteiger partial charge in [0, 0.05) is 30.7 Å². The molecule has 0 radical (unpaired) electrons. The highest BCUT2D eigenvalue weighted by molar-refractivity contribution is 7.98. The molecule has 0 saturated heterocycles. The quantitative estimate of drug-likeness (QED) is 0.516. The Hall–Kier alpha value is -3.39. The molecule has 8 heteroatoms. The molecule has 0 aliphatic heterocycles. The van der Waals surface area contributed by atoms with Gasteiger partial charge in [-0.2, -0.15) is 0 Å². The number of hydrogen-bond donors (Lipinski definition) is 1. The monoisotopic (exact) mass is 405 g/mol. The van der Waals surface area contributed by atoms with Crippen molar-refractivity contribution in [2.24, 2.45) is 0 Å². The van der Waals surface area contributed by atoms with Gasteiger partial charge in [0.15, 0.2) is 5.16 Å². The summed E-state index contributed by atoms with van der Waals surface area (Å²) in [4.78, 5) is 38.3. The van der Waals surface area contributed by atoms with E-state index in [1.54, 1.807) is 37.5 Å². The Morgan fingerprint density at radius 1 is 1.21 bits per heavy atom. The molecular weight excluding hydrogens is 386 g/mol. The van der Waals surface area contributed by atoms with Crippen molar-refractivity contribution in [1.29, 1.82) is 0 Å². The molecule has 1 N–H and O–H groups in total. The van der Waals surface area contributed by atoms with Crippen LogP contribution in [0.3, 0.4) is 0 Å². The van der Waals surface area contributed by atoms with Gasteiger partial charge < -0.3 is 9.88 Å². The number of aromatic amines is 1. The molecule has 0 fully saturated rings. The Bertz CT molecular complexity index is 1250. The second-order valence-electron chi connectivity index (χ2n) is 6.53. The molecule has 0 bridgehead atoms. The topological polar surface area (TPSA) is 83.9 Å². The van der Waals surface area contributed by atoms with E-state index in [1.165, 1.54) is 16.7 Å². The second kappa shape index (κ2) is 7.92. The van der Waals surface area contributed by atoms with E-state index >= 15 is 0 Å². The largest absolute Gasteiger partial charge is 0.334 e. The van der Waals surface area contributed by atoms with Gasteiger partial charge in [0.05, 0.1) is 17.4 Å². The zero-order valence-electron chi connectivity index (χ0n) is 16.0. The minimum atomic E-state index is -0.210. The number of rotatable bonds is 5. The highest BCUT2D eigenvalue weighted by Gasteiger charge is 2.15. The first kappa shape index (κ1) is 18.9. The summed E-state index contributed by atoms with van der Waals surface area (Å²) in [5, 5.41) is 1.38. The lowest BCUT2D eigenvalue weighted by Crippen LogP contribution is -2.28. The van der Waals surface area contributed by atoms with Gasteiger partial charge >= 0.3 is 0 Å². The van der Waals surface area contributed by atoms with Gasteiger partial charge in [-0.1, -0.05) is 30.0 Å². The molecule has 7 nitrogen and oxygen atoms in total. The van der Waals surface area contributed by atoms with E-state index in [-0.39, 0.29) is 18.0 Å². The Morgan fingerprint density at radius 2 is 2.03 bits per heavy atom. The number of fused-ring (bicyclic) bond motifs is 1. The first-order valence-corrected chi connectivity index (χ1v) is 10.2. The molecule has 0 aliphatic rings. The van der Waals surface area contributed by atoms with Crippen molar-refractivity contribution in [1.82, 2.24) is 24.4 Å². The van der Waals surface area contributed by atoms with Gasteiger partial charge in [0.25, 0.3) is 11.5 Å². The lowest BCUT2D eigenvalue weighted by atomic mass is 10.1. The van der Waals surface area contributed by atoms with Crippen molar-refractivity contribution in [3.63, 3.8) is 0 Å². The fraction of sp³-hybridized carbons (Fsp3) is 0.143. The lowest BCUT2D eigenvalue weighted by molar-refractivity contribution is 0.0781. The van der Waals surface area contributed by atoms with Gasteiger partial charge in [-0.05, 0) is 36.6 Å². The summed E-state index contributed by atoms with van der Waals surface area (Å²) in [6, 6.07) is 14.5. The SMILES string of the molecule is CSc1nccn1-c1cccc(C(=O)N(C)Cc2nc3ccccc3c(=O)[nH]2)c1. The maximum absolute atomic E-state index is 12.9. The second-order valence-corrected chi connectivity index (χ2v) is 7.30. The van der Waals surface area contributed by atoms with Gasteiger partial charge in [-0.25, -0.2) is 9.97 Å². The summed E-state index contributed by atoms with van der Waals surface area (Å²) in [6.45, 7) is 0.199. The number of nitrogens with one attached hydrogen (secondary N) is 1. The van der Waals surface area contributed by atoms with Crippen LogP contribution in [0.15, 0.2) is 70.9 Å². The molecule has 4 aromatic rings. The highest BCUT2D eigenvalue weighted by Crippen LogP contribution is 2.19. The van der Waals surface area contributed by atoms with Crippen molar-refractivity contribution < 1.29 is 4.79 Å². The van der Waals surface area contributed by atoms with Crippen LogP contribution in [0.2, 0.25) is 0 Å². The smallest absolute Gasteiger partial charge is 0.258 e. The Labute approximate surface area is 171 Å². The van der Waals surface area contributed by atoms with E-state index in [0.29, 0.717) is 22.3 Å². The summed E-state index contributed by atoms with van der Waals surface area (Å²) >= 11 is 1.54. The number of aromatic nitrogens is 4. The number of H-pyrrole nitrogens is 1. The van der Waals surface area contributed by atoms with Crippen LogP contribution < -0.4 is 5.56 Å². The molecule has 1 amide bonds. The van der Waals surface area contributed by atoms with Crippen LogP contribution in [0.5, 0.6) is 0 Å². The minimum Gasteiger partial charge on any atom is -0.334 e. The third kappa shape index (κ3) is 3.79. The molecule has 0 aliphatic carbocycles. The first-order valence-electron chi connectivity index (χ1n) is 8.98. The zero-order chi connectivity index (χ0) is 20.4. The summed E-state index contributed by atoms with van der Waals surface area (Å²) in [5.74, 6) is 0.286. The number of nitrogens with zero attached hydrogens (tertiary/aromatic N) is 4. The van der Waals surface area contributed by atoms with Crippen LogP contribution in [-0.4, -0.2) is 43.6 Å². The average Bonchev–Trinajstić information content (AvgIpc) is 3.22. The van der Waals surface area contributed by atoms with E-state index in [1.807, 2.05) is 41.3 Å². The number of thioether (sulfide) groups is 1. The van der Waals surface area contributed by atoms with Crippen molar-refractivity contribution in [3.8, 4) is 5.69 Å². The predicted molar refractivity (Wildman–Crippen MR) is 114 cm³/mol. The number of imidazole rings is 1. The molecule has 2 aromatic heterocycles. The fourth-order valence-corrected chi connectivity index (χ4v) is 3.68. The fourth-order valence-electron chi connectivity index (χ4n) is 3.15. The van der Waals surface area contributed by atoms with Gasteiger partial charge in [0.1, 0.15) is 5.82 Å². The number of carbonyl (C=O) groups excluding carboxylic acids is 1. The van der Waals surface area contributed by atoms with Crippen LogP contribution in [0.4, 0.5) is 0 Å². The molecule has 29 heavy (non-hydrogen) atoms. The maximum atomic E-state index is 12.9. The summed E-state index contributed by atoms with van der Waals surface area (Å²) in [5.41, 5.74) is 1.81. The van der Waals surface area contributed by atoms with E-state index < -0.39 is 0 Å². The Balaban J connectivity index is 1.59. The summed E-state index contributed by atoms with van der Waals surface area (Å²) < 4.78 is 1.93. The van der Waals surface area contributed by atoms with Crippen LogP contribution in [0.1, 0.15) is 16.2 Å². The van der Waals surface area contributed by atoms with Crippen molar-refractivity contribution >= 4 is 28.6 Å². The van der Waals surface area contributed by atoms with Gasteiger partial charge in [-0.3, -0.25) is 14.2 Å². The molecule has 0 unspecified atom stereocenters. The van der Waals surface area contributed by atoms with Gasteiger partial charge in [0.2, 0.25) is 0 Å². The van der Waals surface area contributed by atoms with Crippen LogP contribution in [0, 0.1) is 0 Å². The van der Waals surface area contributed by atoms with E-state index in [0.717, 1.165) is 10.8 Å². The van der Waals surface area contributed by atoms with Crippen molar-refractivity contribution in [2.45, 2.75) is 11.7 Å². The Kier molecular flexibility index (Phi) is 5.18. The molecule has 2 heterocycles. The summed E-state index contributed by atoms with van der Waals surface area (Å²) in [7, 11) is 1.69. The molecule has 2 aromatic carbocycles. The highest BCUT2D eigenvalue weighted by atomic mass is 32.2. The van der Waals surface area contributed by atoms with Crippen LogP contribution in [-0.2, 0) is 6.54 Å². The lowest BCUT2D eigenvalue weighted by Gasteiger charge is -2.17. The number of amides is 1. The predicted octanol–water partition coefficient (Wildman–Crippen LogP) is 3.10. The standard InChI is InChI=1S/C21H19N5O2S/c1-25(13-18-23-17-9-4-3-8-16(17)19(27)24-18)20(28)14-6-5-7-15(12-14)26-11-10-22-21(26)29-2/h3-12H,13H2,1-2H3,(H,23,24,27). The number of para-hydroxylation sites is 1. The molecule has 0 saturated carbocycles. The third-order valence-electron chi connectivity index (χ3n) is 4.56. The van der Waals surface area contributed by atoms with E-state index in [9.17, 15) is 9.59 Å². The zero-order valence-corrected chi connectivity index (χ0v) is 16.8. The molecule has 146 valence electrons. The molecule has 0 atom stereocenters. The third-order valence-corrected chi connectivity index (χ3v) is 5.22. The molecular formula is C21H19N5O2S. The number of benzene rings is 2.